The Morgan fingerprint density at radius 3 is 2.25 bits per heavy atom. The molecular formula is C15H9F2NO5S. The molecule has 6 nitrogen and oxygen atoms in total. The molecular weight excluding hydrogens is 344 g/mol. The van der Waals surface area contributed by atoms with E-state index < -0.39 is 50.4 Å². The van der Waals surface area contributed by atoms with E-state index in [1.807, 2.05) is 0 Å². The van der Waals surface area contributed by atoms with Gasteiger partial charge in [-0.3, -0.25) is 14.1 Å². The van der Waals surface area contributed by atoms with Gasteiger partial charge >= 0.3 is 0 Å². The quantitative estimate of drug-likeness (QED) is 0.673. The first-order chi connectivity index (χ1) is 11.2. The Labute approximate surface area is 135 Å². The highest BCUT2D eigenvalue weighted by molar-refractivity contribution is 7.85. The molecule has 0 radical (unpaired) electrons. The van der Waals surface area contributed by atoms with Crippen LogP contribution in [0.3, 0.4) is 0 Å². The molecule has 0 saturated carbocycles. The van der Waals surface area contributed by atoms with Crippen LogP contribution in [-0.2, 0) is 21.5 Å². The molecule has 1 amide bonds. The zero-order valence-electron chi connectivity index (χ0n) is 11.9. The van der Waals surface area contributed by atoms with Gasteiger partial charge in [-0.15, -0.1) is 0 Å². The molecule has 0 aliphatic carbocycles. The smallest absolute Gasteiger partial charge is 0.299 e. The maximum Gasteiger partial charge on any atom is 0.299 e. The minimum atomic E-state index is -4.56. The van der Waals surface area contributed by atoms with Crippen LogP contribution in [0.1, 0.15) is 15.9 Å². The van der Waals surface area contributed by atoms with Crippen molar-refractivity contribution in [2.75, 3.05) is 4.90 Å². The molecule has 24 heavy (non-hydrogen) atoms. The van der Waals surface area contributed by atoms with Crippen LogP contribution in [0.2, 0.25) is 0 Å². The van der Waals surface area contributed by atoms with Gasteiger partial charge in [0.25, 0.3) is 21.8 Å². The van der Waals surface area contributed by atoms with Crippen molar-refractivity contribution in [2.45, 2.75) is 11.4 Å². The number of fused-ring (bicyclic) bond motifs is 1. The molecule has 2 aromatic carbocycles. The van der Waals surface area contributed by atoms with Crippen molar-refractivity contribution in [1.82, 2.24) is 0 Å². The van der Waals surface area contributed by atoms with Gasteiger partial charge in [-0.25, -0.2) is 8.78 Å². The fourth-order valence-corrected chi connectivity index (χ4v) is 2.95. The highest BCUT2D eigenvalue weighted by Gasteiger charge is 2.37. The number of amides is 1. The first-order valence-corrected chi connectivity index (χ1v) is 8.05. The number of rotatable bonds is 3. The van der Waals surface area contributed by atoms with Crippen molar-refractivity contribution >= 4 is 27.5 Å². The molecule has 2 aromatic rings. The number of benzene rings is 2. The molecule has 0 fully saturated rings. The van der Waals surface area contributed by atoms with E-state index in [2.05, 4.69) is 0 Å². The van der Waals surface area contributed by atoms with E-state index in [0.717, 1.165) is 41.3 Å². The van der Waals surface area contributed by atoms with Crippen LogP contribution < -0.4 is 4.90 Å². The number of anilines is 1. The van der Waals surface area contributed by atoms with Gasteiger partial charge in [0, 0.05) is 5.56 Å². The summed E-state index contributed by atoms with van der Waals surface area (Å²) in [6.07, 6.45) is 0. The van der Waals surface area contributed by atoms with E-state index in [1.54, 1.807) is 0 Å². The summed E-state index contributed by atoms with van der Waals surface area (Å²) in [4.78, 5) is 24.4. The van der Waals surface area contributed by atoms with Gasteiger partial charge in [-0.05, 0) is 30.3 Å². The molecule has 9 heteroatoms. The summed E-state index contributed by atoms with van der Waals surface area (Å²) < 4.78 is 58.8. The van der Waals surface area contributed by atoms with Gasteiger partial charge in [0.15, 0.2) is 0 Å². The summed E-state index contributed by atoms with van der Waals surface area (Å²) in [5.74, 6) is -3.82. The monoisotopic (exact) mass is 353 g/mol. The highest BCUT2D eigenvalue weighted by Crippen LogP contribution is 2.32. The standard InChI is InChI=1S/C15H9F2NO5S/c16-11-2-1-3-12(17)10(11)7-18-13-5-4-8(24(21,22)23)6-9(13)14(19)15(18)20/h1-6H,7H2,(H,21,22,23). The number of halogens is 2. The molecule has 0 unspecified atom stereocenters. The molecule has 1 N–H and O–H groups in total. The van der Waals surface area contributed by atoms with Crippen LogP contribution in [0.4, 0.5) is 14.5 Å². The predicted octanol–water partition coefficient (Wildman–Crippen LogP) is 1.94. The Morgan fingerprint density at radius 2 is 1.67 bits per heavy atom. The van der Waals surface area contributed by atoms with Gasteiger partial charge in [-0.1, -0.05) is 6.07 Å². The predicted molar refractivity (Wildman–Crippen MR) is 78.1 cm³/mol. The van der Waals surface area contributed by atoms with Gasteiger partial charge in [0.05, 0.1) is 22.7 Å². The minimum absolute atomic E-state index is 0.0139. The zero-order valence-corrected chi connectivity index (χ0v) is 12.7. The second-order valence-corrected chi connectivity index (χ2v) is 6.50. The topological polar surface area (TPSA) is 91.8 Å². The summed E-state index contributed by atoms with van der Waals surface area (Å²) in [7, 11) is -4.56. The van der Waals surface area contributed by atoms with E-state index in [1.165, 1.54) is 0 Å². The van der Waals surface area contributed by atoms with Crippen molar-refractivity contribution in [2.24, 2.45) is 0 Å². The zero-order chi connectivity index (χ0) is 17.6. The largest absolute Gasteiger partial charge is 0.300 e. The van der Waals surface area contributed by atoms with Crippen molar-refractivity contribution in [3.63, 3.8) is 0 Å². The average Bonchev–Trinajstić information content (AvgIpc) is 2.74. The highest BCUT2D eigenvalue weighted by atomic mass is 32.2. The number of hydrogen-bond donors (Lipinski definition) is 1. The van der Waals surface area contributed by atoms with E-state index in [4.69, 9.17) is 4.55 Å². The lowest BCUT2D eigenvalue weighted by molar-refractivity contribution is -0.114. The summed E-state index contributed by atoms with van der Waals surface area (Å²) in [6, 6.07) is 6.16. The Bertz CT molecular complexity index is 967. The molecule has 0 bridgehead atoms. The molecule has 0 atom stereocenters. The maximum absolute atomic E-state index is 13.7. The van der Waals surface area contributed by atoms with Crippen LogP contribution >= 0.6 is 0 Å². The molecule has 124 valence electrons. The molecule has 3 rings (SSSR count). The minimum Gasteiger partial charge on any atom is -0.300 e. The normalized spacial score (nSPS) is 14.2. The Balaban J connectivity index is 2.07. The van der Waals surface area contributed by atoms with Crippen molar-refractivity contribution in [3.05, 3.63) is 59.2 Å². The van der Waals surface area contributed by atoms with Crippen molar-refractivity contribution < 1.29 is 31.3 Å². The van der Waals surface area contributed by atoms with Gasteiger partial charge in [-0.2, -0.15) is 8.42 Å². The summed E-state index contributed by atoms with van der Waals surface area (Å²) in [5, 5.41) is 0. The summed E-state index contributed by atoms with van der Waals surface area (Å²) in [6.45, 7) is -0.526. The molecule has 0 saturated heterocycles. The molecule has 0 spiro atoms. The number of carbonyl (C=O) groups is 2. The van der Waals surface area contributed by atoms with Gasteiger partial charge in [0.2, 0.25) is 0 Å². The van der Waals surface area contributed by atoms with Crippen LogP contribution in [0.5, 0.6) is 0 Å². The first-order valence-electron chi connectivity index (χ1n) is 6.61. The first kappa shape index (κ1) is 16.2. The SMILES string of the molecule is O=C1C(=O)N(Cc2c(F)cccc2F)c2ccc(S(=O)(=O)O)cc21. The van der Waals surface area contributed by atoms with Crippen molar-refractivity contribution in [3.8, 4) is 0 Å². The van der Waals surface area contributed by atoms with Crippen molar-refractivity contribution in [1.29, 1.82) is 0 Å². The summed E-state index contributed by atoms with van der Waals surface area (Å²) in [5.41, 5.74) is -0.641. The molecule has 1 aliphatic heterocycles. The Hall–Kier alpha value is -2.65. The summed E-state index contributed by atoms with van der Waals surface area (Å²) >= 11 is 0. The lowest BCUT2D eigenvalue weighted by Crippen LogP contribution is -2.30. The number of hydrogen-bond acceptors (Lipinski definition) is 4. The van der Waals surface area contributed by atoms with Crippen LogP contribution in [0.15, 0.2) is 41.3 Å². The number of carbonyl (C=O) groups excluding carboxylic acids is 2. The molecule has 1 heterocycles. The number of ketones is 1. The molecule has 0 aromatic heterocycles. The number of Topliss-reactive ketones (excluding diaryl/α,β-unsaturated/α-hetero) is 1. The Kier molecular flexibility index (Phi) is 3.69. The van der Waals surface area contributed by atoms with Crippen LogP contribution in [0, 0.1) is 11.6 Å². The van der Waals surface area contributed by atoms with Crippen LogP contribution in [-0.4, -0.2) is 24.7 Å². The maximum atomic E-state index is 13.7. The fourth-order valence-electron chi connectivity index (χ4n) is 2.44. The average molecular weight is 353 g/mol. The second-order valence-electron chi connectivity index (χ2n) is 5.07. The van der Waals surface area contributed by atoms with Gasteiger partial charge in [0.1, 0.15) is 11.6 Å². The van der Waals surface area contributed by atoms with E-state index in [-0.39, 0.29) is 11.3 Å². The van der Waals surface area contributed by atoms with Crippen LogP contribution in [0.25, 0.3) is 0 Å². The van der Waals surface area contributed by atoms with Gasteiger partial charge < -0.3 is 4.90 Å². The third-order valence-corrected chi connectivity index (χ3v) is 4.47. The molecule has 1 aliphatic rings. The third kappa shape index (κ3) is 2.57. The van der Waals surface area contributed by atoms with E-state index in [9.17, 15) is 26.8 Å². The van der Waals surface area contributed by atoms with E-state index >= 15 is 0 Å². The third-order valence-electron chi connectivity index (χ3n) is 3.62. The lowest BCUT2D eigenvalue weighted by Gasteiger charge is -2.17. The van der Waals surface area contributed by atoms with E-state index in [0.29, 0.717) is 0 Å². The fraction of sp³-hybridized carbons (Fsp3) is 0.0667. The number of nitrogens with zero attached hydrogens (tertiary/aromatic N) is 1. The Morgan fingerprint density at radius 1 is 1.04 bits per heavy atom. The second kappa shape index (κ2) is 5.46. The lowest BCUT2D eigenvalue weighted by atomic mass is 10.1.